The van der Waals surface area contributed by atoms with Crippen molar-refractivity contribution in [3.63, 3.8) is 0 Å². The minimum atomic E-state index is -0.451. The van der Waals surface area contributed by atoms with Crippen LogP contribution in [0, 0.1) is 5.82 Å². The topological polar surface area (TPSA) is 54.7 Å². The molecular formula is C19H20FN5O. The van der Waals surface area contributed by atoms with Crippen molar-refractivity contribution in [2.24, 2.45) is 0 Å². The molecule has 2 aliphatic heterocycles. The fraction of sp³-hybridized carbons (Fsp3) is 0.368. The molecule has 5 heterocycles. The largest absolute Gasteiger partial charge is 0.479 e. The minimum absolute atomic E-state index is 0.00428. The van der Waals surface area contributed by atoms with Gasteiger partial charge in [-0.05, 0) is 31.0 Å². The van der Waals surface area contributed by atoms with Crippen LogP contribution in [0.15, 0.2) is 36.8 Å². The molecule has 3 aromatic rings. The van der Waals surface area contributed by atoms with Gasteiger partial charge < -0.3 is 15.0 Å². The number of pyridine rings is 1. The lowest BCUT2D eigenvalue weighted by Gasteiger charge is -2.34. The number of halogens is 1. The number of ether oxygens (including phenoxy) is 1. The zero-order valence-electron chi connectivity index (χ0n) is 14.5. The molecule has 6 nitrogen and oxygen atoms in total. The van der Waals surface area contributed by atoms with Gasteiger partial charge in [0.25, 0.3) is 5.88 Å². The van der Waals surface area contributed by atoms with E-state index in [0.29, 0.717) is 17.6 Å². The van der Waals surface area contributed by atoms with E-state index in [1.165, 1.54) is 20.0 Å². The number of nitrogens with zero attached hydrogens (tertiary/aromatic N) is 4. The molecule has 2 atom stereocenters. The van der Waals surface area contributed by atoms with Crippen LogP contribution in [-0.4, -0.2) is 46.9 Å². The zero-order valence-corrected chi connectivity index (χ0v) is 14.5. The second-order valence-electron chi connectivity index (χ2n) is 7.00. The van der Waals surface area contributed by atoms with Gasteiger partial charge in [-0.1, -0.05) is 0 Å². The molecule has 2 unspecified atom stereocenters. The molecule has 2 bridgehead atoms. The van der Waals surface area contributed by atoms with Crippen LogP contribution in [0.2, 0.25) is 0 Å². The average molecular weight is 353 g/mol. The first-order valence-corrected chi connectivity index (χ1v) is 8.90. The van der Waals surface area contributed by atoms with Crippen molar-refractivity contribution in [1.82, 2.24) is 19.9 Å². The quantitative estimate of drug-likeness (QED) is 0.784. The van der Waals surface area contributed by atoms with E-state index < -0.39 is 5.82 Å². The second-order valence-corrected chi connectivity index (χ2v) is 7.00. The number of piperazine rings is 1. The summed E-state index contributed by atoms with van der Waals surface area (Å²) in [5, 5.41) is 8.07. The van der Waals surface area contributed by atoms with Crippen LogP contribution in [0.4, 0.5) is 10.1 Å². The maximum Gasteiger partial charge on any atom is 0.250 e. The maximum absolute atomic E-state index is 14.6. The Hall–Kier alpha value is -2.67. The van der Waals surface area contributed by atoms with Crippen LogP contribution in [0.3, 0.4) is 0 Å². The van der Waals surface area contributed by atoms with E-state index in [1.807, 2.05) is 22.8 Å². The van der Waals surface area contributed by atoms with Gasteiger partial charge in [-0.25, -0.2) is 13.9 Å². The first-order valence-electron chi connectivity index (χ1n) is 8.90. The Bertz CT molecular complexity index is 960. The Morgan fingerprint density at radius 1 is 1.19 bits per heavy atom. The highest BCUT2D eigenvalue weighted by Gasteiger charge is 2.33. The molecule has 5 rings (SSSR count). The predicted molar refractivity (Wildman–Crippen MR) is 97.1 cm³/mol. The number of nitrogens with one attached hydrogen (secondary N) is 1. The Balaban J connectivity index is 1.58. The molecule has 0 aromatic carbocycles. The summed E-state index contributed by atoms with van der Waals surface area (Å²) in [5.74, 6) is -0.447. The fourth-order valence-electron chi connectivity index (χ4n) is 4.20. The SMILES string of the molecule is COc1nccc(-c2cc3c(N4CC5CCC(C4)N5)ccnn3c2)c1F. The summed E-state index contributed by atoms with van der Waals surface area (Å²) in [4.78, 5) is 6.34. The van der Waals surface area contributed by atoms with Crippen molar-refractivity contribution in [3.8, 4) is 17.0 Å². The molecule has 0 aliphatic carbocycles. The van der Waals surface area contributed by atoms with E-state index in [1.54, 1.807) is 18.5 Å². The first-order chi connectivity index (χ1) is 12.7. The molecule has 2 saturated heterocycles. The number of methoxy groups -OCH3 is 1. The van der Waals surface area contributed by atoms with Gasteiger partial charge in [0.15, 0.2) is 5.82 Å². The van der Waals surface area contributed by atoms with Crippen LogP contribution in [-0.2, 0) is 0 Å². The van der Waals surface area contributed by atoms with Crippen molar-refractivity contribution in [3.05, 3.63) is 42.6 Å². The molecular weight excluding hydrogens is 333 g/mol. The number of anilines is 1. The third-order valence-electron chi connectivity index (χ3n) is 5.41. The highest BCUT2D eigenvalue weighted by Crippen LogP contribution is 2.33. The van der Waals surface area contributed by atoms with Gasteiger partial charge in [0, 0.05) is 54.9 Å². The van der Waals surface area contributed by atoms with Crippen LogP contribution in [0.1, 0.15) is 12.8 Å². The van der Waals surface area contributed by atoms with Crippen molar-refractivity contribution in [2.75, 3.05) is 25.1 Å². The number of hydrogen-bond acceptors (Lipinski definition) is 5. The number of hydrogen-bond donors (Lipinski definition) is 1. The highest BCUT2D eigenvalue weighted by molar-refractivity contribution is 5.80. The van der Waals surface area contributed by atoms with Gasteiger partial charge >= 0.3 is 0 Å². The molecule has 2 fully saturated rings. The molecule has 0 radical (unpaired) electrons. The van der Waals surface area contributed by atoms with Crippen molar-refractivity contribution >= 4 is 11.2 Å². The Labute approximate surface area is 150 Å². The summed E-state index contributed by atoms with van der Waals surface area (Å²) in [6.07, 6.45) is 7.68. The smallest absolute Gasteiger partial charge is 0.250 e. The van der Waals surface area contributed by atoms with E-state index in [0.717, 1.165) is 29.9 Å². The third-order valence-corrected chi connectivity index (χ3v) is 5.41. The third kappa shape index (κ3) is 2.42. The average Bonchev–Trinajstić information content (AvgIpc) is 3.24. The van der Waals surface area contributed by atoms with E-state index in [9.17, 15) is 4.39 Å². The molecule has 1 N–H and O–H groups in total. The maximum atomic E-state index is 14.6. The minimum Gasteiger partial charge on any atom is -0.479 e. The Morgan fingerprint density at radius 2 is 2.00 bits per heavy atom. The van der Waals surface area contributed by atoms with Crippen LogP contribution < -0.4 is 15.0 Å². The fourth-order valence-corrected chi connectivity index (χ4v) is 4.20. The summed E-state index contributed by atoms with van der Waals surface area (Å²) < 4.78 is 21.4. The van der Waals surface area contributed by atoms with Gasteiger partial charge in [0.1, 0.15) is 0 Å². The van der Waals surface area contributed by atoms with E-state index in [2.05, 4.69) is 20.3 Å². The summed E-state index contributed by atoms with van der Waals surface area (Å²) in [6, 6.07) is 6.81. The van der Waals surface area contributed by atoms with Gasteiger partial charge in [-0.15, -0.1) is 0 Å². The molecule has 134 valence electrons. The summed E-state index contributed by atoms with van der Waals surface area (Å²) >= 11 is 0. The summed E-state index contributed by atoms with van der Waals surface area (Å²) in [5.41, 5.74) is 3.36. The van der Waals surface area contributed by atoms with E-state index in [4.69, 9.17) is 4.74 Å². The van der Waals surface area contributed by atoms with Crippen molar-refractivity contribution in [2.45, 2.75) is 24.9 Å². The van der Waals surface area contributed by atoms with E-state index in [-0.39, 0.29) is 5.88 Å². The molecule has 3 aromatic heterocycles. The zero-order chi connectivity index (χ0) is 17.7. The standard InChI is InChI=1S/C19H20FN5O/c1-26-19-18(20)15(4-6-21-19)12-8-17-16(5-7-22-25(17)9-12)24-10-13-2-3-14(11-24)23-13/h4-9,13-14,23H,2-3,10-11H2,1H3. The Kier molecular flexibility index (Phi) is 3.56. The molecule has 26 heavy (non-hydrogen) atoms. The lowest BCUT2D eigenvalue weighted by atomic mass is 10.1. The first kappa shape index (κ1) is 15.6. The highest BCUT2D eigenvalue weighted by atomic mass is 19.1. The van der Waals surface area contributed by atoms with Crippen molar-refractivity contribution in [1.29, 1.82) is 0 Å². The lowest BCUT2D eigenvalue weighted by molar-refractivity contribution is 0.370. The van der Waals surface area contributed by atoms with Gasteiger partial charge in [-0.3, -0.25) is 0 Å². The summed E-state index contributed by atoms with van der Waals surface area (Å²) in [6.45, 7) is 1.99. The molecule has 0 spiro atoms. The molecule has 0 amide bonds. The molecule has 7 heteroatoms. The summed E-state index contributed by atoms with van der Waals surface area (Å²) in [7, 11) is 1.42. The molecule has 0 saturated carbocycles. The van der Waals surface area contributed by atoms with Gasteiger partial charge in [0.05, 0.1) is 18.3 Å². The number of rotatable bonds is 3. The number of fused-ring (bicyclic) bond motifs is 3. The predicted octanol–water partition coefficient (Wildman–Crippen LogP) is 2.48. The lowest BCUT2D eigenvalue weighted by Crippen LogP contribution is -2.51. The Morgan fingerprint density at radius 3 is 2.77 bits per heavy atom. The van der Waals surface area contributed by atoms with Crippen LogP contribution in [0.5, 0.6) is 5.88 Å². The van der Waals surface area contributed by atoms with E-state index >= 15 is 0 Å². The normalized spacial score (nSPS) is 22.2. The second kappa shape index (κ2) is 5.95. The van der Waals surface area contributed by atoms with Gasteiger partial charge in [0.2, 0.25) is 0 Å². The molecule has 2 aliphatic rings. The van der Waals surface area contributed by atoms with Crippen LogP contribution >= 0.6 is 0 Å². The van der Waals surface area contributed by atoms with Crippen molar-refractivity contribution < 1.29 is 9.13 Å². The monoisotopic (exact) mass is 353 g/mol. The van der Waals surface area contributed by atoms with Crippen LogP contribution in [0.25, 0.3) is 16.6 Å². The van der Waals surface area contributed by atoms with Gasteiger partial charge in [-0.2, -0.15) is 5.10 Å². The number of aromatic nitrogens is 3.